The second-order valence-corrected chi connectivity index (χ2v) is 4.36. The monoisotopic (exact) mass is 288 g/mol. The first-order chi connectivity index (χ1) is 9.01. The van der Waals surface area contributed by atoms with Crippen molar-refractivity contribution >= 4 is 17.6 Å². The van der Waals surface area contributed by atoms with Crippen LogP contribution in [0, 0.1) is 0 Å². The van der Waals surface area contributed by atoms with Crippen molar-refractivity contribution in [3.8, 4) is 0 Å². The summed E-state index contributed by atoms with van der Waals surface area (Å²) in [5.41, 5.74) is 0.370. The number of aliphatic hydroxyl groups is 2. The van der Waals surface area contributed by atoms with Gasteiger partial charge in [-0.1, -0.05) is 11.6 Å². The van der Waals surface area contributed by atoms with Crippen LogP contribution in [0.4, 0.5) is 0 Å². The number of nitrogens with zero attached hydrogens (tertiary/aromatic N) is 1. The summed E-state index contributed by atoms with van der Waals surface area (Å²) in [4.78, 5) is 15.2. The molecule has 0 aliphatic carbocycles. The van der Waals surface area contributed by atoms with Crippen LogP contribution in [0.5, 0.6) is 0 Å². The third kappa shape index (κ3) is 4.14. The van der Waals surface area contributed by atoms with E-state index in [-0.39, 0.29) is 16.3 Å². The second kappa shape index (κ2) is 7.40. The molecule has 0 saturated carbocycles. The highest BCUT2D eigenvalue weighted by Gasteiger charge is 2.22. The second-order valence-electron chi connectivity index (χ2n) is 4.00. The fourth-order valence-corrected chi connectivity index (χ4v) is 1.77. The molecule has 19 heavy (non-hydrogen) atoms. The lowest BCUT2D eigenvalue weighted by Crippen LogP contribution is -2.24. The van der Waals surface area contributed by atoms with Crippen molar-refractivity contribution in [2.75, 3.05) is 20.7 Å². The average Bonchev–Trinajstić information content (AvgIpc) is 2.43. The molecule has 0 aromatic carbocycles. The van der Waals surface area contributed by atoms with Gasteiger partial charge in [-0.25, -0.2) is 9.78 Å². The van der Waals surface area contributed by atoms with Gasteiger partial charge in [0.15, 0.2) is 0 Å². The van der Waals surface area contributed by atoms with Crippen molar-refractivity contribution in [2.24, 2.45) is 0 Å². The van der Waals surface area contributed by atoms with Crippen LogP contribution in [0.25, 0.3) is 0 Å². The minimum Gasteiger partial charge on any atom is -0.465 e. The number of ether oxygens (including phenoxy) is 1. The lowest BCUT2D eigenvalue weighted by atomic mass is 10.0. The van der Waals surface area contributed by atoms with Crippen LogP contribution in [0.1, 0.15) is 28.4 Å². The summed E-state index contributed by atoms with van der Waals surface area (Å²) in [7, 11) is 2.99. The van der Waals surface area contributed by atoms with E-state index in [2.05, 4.69) is 15.0 Å². The van der Waals surface area contributed by atoms with Crippen molar-refractivity contribution < 1.29 is 19.7 Å². The molecule has 0 spiro atoms. The number of hydrogen-bond donors (Lipinski definition) is 3. The standard InChI is InChI=1S/C12H17ClN2O4/c1-14-4-3-9(16)10(17)8-5-7(12(18)19-2)6-15-11(8)13/h5-6,9-10,14,16-17H,3-4H2,1-2H3. The molecule has 0 aliphatic rings. The van der Waals surface area contributed by atoms with Crippen LogP contribution in [0.2, 0.25) is 5.15 Å². The van der Waals surface area contributed by atoms with E-state index in [0.29, 0.717) is 13.0 Å². The Morgan fingerprint density at radius 1 is 1.58 bits per heavy atom. The number of hydrogen-bond acceptors (Lipinski definition) is 6. The Morgan fingerprint density at radius 3 is 2.84 bits per heavy atom. The molecule has 6 nitrogen and oxygen atoms in total. The Bertz CT molecular complexity index is 442. The molecule has 0 radical (unpaired) electrons. The summed E-state index contributed by atoms with van der Waals surface area (Å²) in [6.07, 6.45) is -0.613. The molecule has 1 rings (SSSR count). The minimum absolute atomic E-state index is 0.0451. The van der Waals surface area contributed by atoms with Crippen molar-refractivity contribution in [3.05, 3.63) is 28.5 Å². The number of carbonyl (C=O) groups excluding carboxylic acids is 1. The summed E-state index contributed by atoms with van der Waals surface area (Å²) < 4.78 is 4.56. The molecule has 2 atom stereocenters. The van der Waals surface area contributed by atoms with Crippen molar-refractivity contribution in [1.82, 2.24) is 10.3 Å². The Morgan fingerprint density at radius 2 is 2.26 bits per heavy atom. The van der Waals surface area contributed by atoms with Gasteiger partial charge in [-0.2, -0.15) is 0 Å². The highest BCUT2D eigenvalue weighted by atomic mass is 35.5. The number of aromatic nitrogens is 1. The topological polar surface area (TPSA) is 91.7 Å². The van der Waals surface area contributed by atoms with Crippen LogP contribution in [0.3, 0.4) is 0 Å². The van der Waals surface area contributed by atoms with Gasteiger partial charge < -0.3 is 20.3 Å². The van der Waals surface area contributed by atoms with Crippen LogP contribution < -0.4 is 5.32 Å². The predicted molar refractivity (Wildman–Crippen MR) is 70.1 cm³/mol. The molecule has 3 N–H and O–H groups in total. The number of aliphatic hydroxyl groups excluding tert-OH is 2. The van der Waals surface area contributed by atoms with Gasteiger partial charge in [0.2, 0.25) is 0 Å². The largest absolute Gasteiger partial charge is 0.465 e. The number of esters is 1. The Kier molecular flexibility index (Phi) is 6.17. The van der Waals surface area contributed by atoms with Crippen LogP contribution in [0.15, 0.2) is 12.3 Å². The molecule has 0 saturated heterocycles. The highest BCUT2D eigenvalue weighted by Crippen LogP contribution is 2.26. The van der Waals surface area contributed by atoms with Crippen molar-refractivity contribution in [2.45, 2.75) is 18.6 Å². The molecule has 0 aliphatic heterocycles. The third-order valence-corrected chi connectivity index (χ3v) is 2.98. The van der Waals surface area contributed by atoms with Gasteiger partial charge in [0.1, 0.15) is 11.3 Å². The third-order valence-electron chi connectivity index (χ3n) is 2.66. The summed E-state index contributed by atoms with van der Waals surface area (Å²) in [6, 6.07) is 1.37. The molecule has 0 bridgehead atoms. The molecule has 0 amide bonds. The number of nitrogens with one attached hydrogen (secondary N) is 1. The van der Waals surface area contributed by atoms with E-state index < -0.39 is 18.2 Å². The SMILES string of the molecule is CNCCC(O)C(O)c1cc(C(=O)OC)cnc1Cl. The zero-order chi connectivity index (χ0) is 14.4. The molecule has 106 valence electrons. The Labute approximate surface area is 116 Å². The molecule has 1 heterocycles. The molecular weight excluding hydrogens is 272 g/mol. The fraction of sp³-hybridized carbons (Fsp3) is 0.500. The van der Waals surface area contributed by atoms with Gasteiger partial charge in [-0.3, -0.25) is 0 Å². The number of methoxy groups -OCH3 is 1. The normalized spacial score (nSPS) is 13.9. The molecule has 1 aromatic heterocycles. The van der Waals surface area contributed by atoms with Crippen LogP contribution in [-0.4, -0.2) is 48.0 Å². The van der Waals surface area contributed by atoms with Gasteiger partial charge in [-0.15, -0.1) is 0 Å². The molecule has 0 fully saturated rings. The number of carbonyl (C=O) groups is 1. The molecule has 1 aromatic rings. The molecule has 7 heteroatoms. The first kappa shape index (κ1) is 15.8. The lowest BCUT2D eigenvalue weighted by Gasteiger charge is -2.19. The van der Waals surface area contributed by atoms with E-state index in [1.807, 2.05) is 0 Å². The first-order valence-electron chi connectivity index (χ1n) is 5.75. The Hall–Kier alpha value is -1.21. The van der Waals surface area contributed by atoms with Crippen molar-refractivity contribution in [3.63, 3.8) is 0 Å². The number of pyridine rings is 1. The fourth-order valence-electron chi connectivity index (χ4n) is 1.56. The molecule has 2 unspecified atom stereocenters. The first-order valence-corrected chi connectivity index (χ1v) is 6.13. The van der Waals surface area contributed by atoms with Crippen LogP contribution >= 0.6 is 11.6 Å². The van der Waals surface area contributed by atoms with E-state index in [1.165, 1.54) is 19.4 Å². The van der Waals surface area contributed by atoms with E-state index >= 15 is 0 Å². The molecular formula is C12H17ClN2O4. The lowest BCUT2D eigenvalue weighted by molar-refractivity contribution is 0.0138. The number of halogens is 1. The smallest absolute Gasteiger partial charge is 0.339 e. The predicted octanol–water partition coefficient (Wildman–Crippen LogP) is 0.525. The quantitative estimate of drug-likeness (QED) is 0.522. The summed E-state index contributed by atoms with van der Waals surface area (Å²) >= 11 is 5.87. The Balaban J connectivity index is 2.94. The van der Waals surface area contributed by atoms with E-state index in [0.717, 1.165) is 0 Å². The zero-order valence-corrected chi connectivity index (χ0v) is 11.5. The van der Waals surface area contributed by atoms with Crippen molar-refractivity contribution in [1.29, 1.82) is 0 Å². The maximum atomic E-state index is 11.4. The average molecular weight is 289 g/mol. The van der Waals surface area contributed by atoms with E-state index in [1.54, 1.807) is 7.05 Å². The van der Waals surface area contributed by atoms with Gasteiger partial charge in [-0.05, 0) is 26.1 Å². The number of rotatable bonds is 6. The highest BCUT2D eigenvalue weighted by molar-refractivity contribution is 6.30. The summed E-state index contributed by atoms with van der Waals surface area (Å²) in [5.74, 6) is -0.581. The maximum Gasteiger partial charge on any atom is 0.339 e. The van der Waals surface area contributed by atoms with Gasteiger partial charge >= 0.3 is 5.97 Å². The van der Waals surface area contributed by atoms with Gasteiger partial charge in [0.05, 0.1) is 18.8 Å². The summed E-state index contributed by atoms with van der Waals surface area (Å²) in [5, 5.41) is 22.8. The summed E-state index contributed by atoms with van der Waals surface area (Å²) in [6.45, 7) is 0.542. The zero-order valence-electron chi connectivity index (χ0n) is 10.8. The van der Waals surface area contributed by atoms with E-state index in [9.17, 15) is 15.0 Å². The van der Waals surface area contributed by atoms with E-state index in [4.69, 9.17) is 11.6 Å². The van der Waals surface area contributed by atoms with Gasteiger partial charge in [0, 0.05) is 11.8 Å². The minimum atomic E-state index is -1.21. The van der Waals surface area contributed by atoms with Gasteiger partial charge in [0.25, 0.3) is 0 Å². The maximum absolute atomic E-state index is 11.4. The van der Waals surface area contributed by atoms with Crippen LogP contribution in [-0.2, 0) is 4.74 Å².